The van der Waals surface area contributed by atoms with Crippen molar-refractivity contribution >= 4 is 0 Å². The normalized spacial score (nSPS) is 12.1. The minimum Gasteiger partial charge on any atom is -0.504 e. The SMILES string of the molecule is CNCCC(Oc1ccccc1O)c1ccccc1. The maximum Gasteiger partial charge on any atom is 0.161 e. The van der Waals surface area contributed by atoms with E-state index >= 15 is 0 Å². The summed E-state index contributed by atoms with van der Waals surface area (Å²) in [7, 11) is 1.92. The highest BCUT2D eigenvalue weighted by Gasteiger charge is 2.14. The first kappa shape index (κ1) is 13.4. The number of nitrogens with one attached hydrogen (secondary N) is 1. The summed E-state index contributed by atoms with van der Waals surface area (Å²) in [5.74, 6) is 0.695. The summed E-state index contributed by atoms with van der Waals surface area (Å²) < 4.78 is 5.94. The van der Waals surface area contributed by atoms with Crippen LogP contribution in [0.15, 0.2) is 54.6 Å². The number of para-hydroxylation sites is 2. The van der Waals surface area contributed by atoms with E-state index < -0.39 is 0 Å². The molecule has 0 bridgehead atoms. The molecule has 0 saturated carbocycles. The number of ether oxygens (including phenoxy) is 1. The van der Waals surface area contributed by atoms with Crippen molar-refractivity contribution in [2.45, 2.75) is 12.5 Å². The molecule has 2 aromatic carbocycles. The number of rotatable bonds is 6. The molecule has 1 unspecified atom stereocenters. The second kappa shape index (κ2) is 6.81. The van der Waals surface area contributed by atoms with Crippen LogP contribution in [-0.4, -0.2) is 18.7 Å². The second-order valence-corrected chi connectivity index (χ2v) is 4.38. The molecule has 2 aromatic rings. The van der Waals surface area contributed by atoms with Crippen LogP contribution in [0.5, 0.6) is 11.5 Å². The first-order valence-corrected chi connectivity index (χ1v) is 6.45. The predicted octanol–water partition coefficient (Wildman–Crippen LogP) is 3.12. The Balaban J connectivity index is 2.17. The molecule has 0 saturated heterocycles. The van der Waals surface area contributed by atoms with Crippen molar-refractivity contribution in [3.05, 3.63) is 60.2 Å². The van der Waals surface area contributed by atoms with Gasteiger partial charge in [-0.3, -0.25) is 0 Å². The number of aromatic hydroxyl groups is 1. The van der Waals surface area contributed by atoms with Gasteiger partial charge in [-0.25, -0.2) is 0 Å². The molecule has 19 heavy (non-hydrogen) atoms. The maximum absolute atomic E-state index is 9.79. The Labute approximate surface area is 113 Å². The summed E-state index contributed by atoms with van der Waals surface area (Å²) in [6.07, 6.45) is 0.774. The Bertz CT molecular complexity index is 499. The van der Waals surface area contributed by atoms with Crippen LogP contribution in [0.2, 0.25) is 0 Å². The topological polar surface area (TPSA) is 41.5 Å². The van der Waals surface area contributed by atoms with Crippen molar-refractivity contribution < 1.29 is 9.84 Å². The van der Waals surface area contributed by atoms with Crippen LogP contribution in [0, 0.1) is 0 Å². The Hall–Kier alpha value is -2.00. The lowest BCUT2D eigenvalue weighted by atomic mass is 10.1. The van der Waals surface area contributed by atoms with Gasteiger partial charge in [-0.05, 0) is 31.3 Å². The molecular formula is C16H19NO2. The van der Waals surface area contributed by atoms with Gasteiger partial charge in [0.25, 0.3) is 0 Å². The van der Waals surface area contributed by atoms with Gasteiger partial charge in [-0.2, -0.15) is 0 Å². The highest BCUT2D eigenvalue weighted by Crippen LogP contribution is 2.31. The highest BCUT2D eigenvalue weighted by molar-refractivity contribution is 5.38. The zero-order chi connectivity index (χ0) is 13.5. The van der Waals surface area contributed by atoms with E-state index in [2.05, 4.69) is 5.32 Å². The van der Waals surface area contributed by atoms with Crippen molar-refractivity contribution in [1.29, 1.82) is 0 Å². The van der Waals surface area contributed by atoms with Crippen molar-refractivity contribution in [3.8, 4) is 11.5 Å². The van der Waals surface area contributed by atoms with Crippen LogP contribution < -0.4 is 10.1 Å². The quantitative estimate of drug-likeness (QED) is 0.835. The fourth-order valence-electron chi connectivity index (χ4n) is 1.95. The number of hydrogen-bond acceptors (Lipinski definition) is 3. The van der Waals surface area contributed by atoms with Gasteiger partial charge in [0.05, 0.1) is 0 Å². The molecule has 0 fully saturated rings. The van der Waals surface area contributed by atoms with Gasteiger partial charge in [0.1, 0.15) is 6.10 Å². The third-order valence-corrected chi connectivity index (χ3v) is 2.96. The third-order valence-electron chi connectivity index (χ3n) is 2.96. The van der Waals surface area contributed by atoms with Crippen LogP contribution in [0.1, 0.15) is 18.1 Å². The zero-order valence-electron chi connectivity index (χ0n) is 11.0. The van der Waals surface area contributed by atoms with Gasteiger partial charge in [0.15, 0.2) is 11.5 Å². The molecule has 3 heteroatoms. The van der Waals surface area contributed by atoms with Gasteiger partial charge < -0.3 is 15.2 Å². The number of benzene rings is 2. The molecule has 0 radical (unpaired) electrons. The standard InChI is InChI=1S/C16H19NO2/c1-17-12-11-15(13-7-3-2-4-8-13)19-16-10-6-5-9-14(16)18/h2-10,15,17-18H,11-12H2,1H3. The lowest BCUT2D eigenvalue weighted by molar-refractivity contribution is 0.187. The third kappa shape index (κ3) is 3.73. The molecule has 2 N–H and O–H groups in total. The van der Waals surface area contributed by atoms with Gasteiger partial charge in [-0.15, -0.1) is 0 Å². The lowest BCUT2D eigenvalue weighted by Crippen LogP contribution is -2.16. The van der Waals surface area contributed by atoms with Crippen molar-refractivity contribution in [2.75, 3.05) is 13.6 Å². The second-order valence-electron chi connectivity index (χ2n) is 4.38. The Morgan fingerprint density at radius 1 is 1.05 bits per heavy atom. The average molecular weight is 257 g/mol. The van der Waals surface area contributed by atoms with Gasteiger partial charge in [0, 0.05) is 6.42 Å². The molecule has 3 nitrogen and oxygen atoms in total. The Morgan fingerprint density at radius 3 is 2.42 bits per heavy atom. The molecule has 0 spiro atoms. The summed E-state index contributed by atoms with van der Waals surface area (Å²) in [5, 5.41) is 12.9. The van der Waals surface area contributed by atoms with E-state index in [-0.39, 0.29) is 11.9 Å². The summed E-state index contributed by atoms with van der Waals surface area (Å²) in [4.78, 5) is 0. The minimum absolute atomic E-state index is 0.0676. The molecule has 2 rings (SSSR count). The fraction of sp³-hybridized carbons (Fsp3) is 0.250. The highest BCUT2D eigenvalue weighted by atomic mass is 16.5. The van der Waals surface area contributed by atoms with E-state index in [1.54, 1.807) is 18.2 Å². The first-order chi connectivity index (χ1) is 9.31. The van der Waals surface area contributed by atoms with Gasteiger partial charge >= 0.3 is 0 Å². The predicted molar refractivity (Wildman–Crippen MR) is 76.5 cm³/mol. The van der Waals surface area contributed by atoms with Gasteiger partial charge in [0.2, 0.25) is 0 Å². The molecule has 0 aliphatic carbocycles. The number of phenolic OH excluding ortho intramolecular Hbond substituents is 1. The molecule has 0 aromatic heterocycles. The van der Waals surface area contributed by atoms with Crippen molar-refractivity contribution in [2.24, 2.45) is 0 Å². The minimum atomic E-state index is -0.0676. The van der Waals surface area contributed by atoms with E-state index in [1.165, 1.54) is 0 Å². The molecule has 0 amide bonds. The smallest absolute Gasteiger partial charge is 0.161 e. The largest absolute Gasteiger partial charge is 0.504 e. The maximum atomic E-state index is 9.79. The molecule has 1 atom stereocenters. The van der Waals surface area contributed by atoms with Crippen LogP contribution in [0.4, 0.5) is 0 Å². The lowest BCUT2D eigenvalue weighted by Gasteiger charge is -2.20. The molecule has 100 valence electrons. The van der Waals surface area contributed by atoms with Crippen LogP contribution >= 0.6 is 0 Å². The van der Waals surface area contributed by atoms with Crippen LogP contribution in [-0.2, 0) is 0 Å². The molecule has 0 aliphatic rings. The number of hydrogen-bond donors (Lipinski definition) is 2. The summed E-state index contributed by atoms with van der Waals surface area (Å²) in [6, 6.07) is 17.1. The summed E-state index contributed by atoms with van der Waals surface area (Å²) >= 11 is 0. The molecule has 0 heterocycles. The van der Waals surface area contributed by atoms with Crippen LogP contribution in [0.25, 0.3) is 0 Å². The van der Waals surface area contributed by atoms with Crippen molar-refractivity contribution in [3.63, 3.8) is 0 Å². The fourth-order valence-corrected chi connectivity index (χ4v) is 1.95. The molecular weight excluding hydrogens is 238 g/mol. The average Bonchev–Trinajstić information content (AvgIpc) is 2.46. The van der Waals surface area contributed by atoms with Crippen molar-refractivity contribution in [1.82, 2.24) is 5.32 Å². The first-order valence-electron chi connectivity index (χ1n) is 6.45. The van der Waals surface area contributed by atoms with E-state index in [1.807, 2.05) is 43.4 Å². The molecule has 0 aliphatic heterocycles. The van der Waals surface area contributed by atoms with E-state index in [0.717, 1.165) is 18.5 Å². The summed E-state index contributed by atoms with van der Waals surface area (Å²) in [5.41, 5.74) is 1.11. The monoisotopic (exact) mass is 257 g/mol. The number of phenols is 1. The van der Waals surface area contributed by atoms with E-state index in [4.69, 9.17) is 4.74 Å². The Morgan fingerprint density at radius 2 is 1.74 bits per heavy atom. The summed E-state index contributed by atoms with van der Waals surface area (Å²) in [6.45, 7) is 0.854. The Kier molecular flexibility index (Phi) is 4.81. The van der Waals surface area contributed by atoms with Crippen LogP contribution in [0.3, 0.4) is 0 Å². The zero-order valence-corrected chi connectivity index (χ0v) is 11.0. The van der Waals surface area contributed by atoms with E-state index in [9.17, 15) is 5.11 Å². The van der Waals surface area contributed by atoms with E-state index in [0.29, 0.717) is 5.75 Å². The van der Waals surface area contributed by atoms with Gasteiger partial charge in [-0.1, -0.05) is 42.5 Å².